The van der Waals surface area contributed by atoms with Crippen LogP contribution in [0.15, 0.2) is 79.4 Å². The molecule has 3 aromatic heterocycles. The zero-order valence-corrected chi connectivity index (χ0v) is 20.4. The van der Waals surface area contributed by atoms with Gasteiger partial charge in [0.05, 0.1) is 19.9 Å². The largest absolute Gasteiger partial charge is 0.497 e. The van der Waals surface area contributed by atoms with Crippen molar-refractivity contribution in [3.63, 3.8) is 0 Å². The fourth-order valence-electron chi connectivity index (χ4n) is 3.75. The maximum Gasteiger partial charge on any atom is 0.273 e. The second kappa shape index (κ2) is 10.2. The molecular weight excluding hydrogens is 472 g/mol. The first-order chi connectivity index (χ1) is 18.0. The number of carbonyl (C=O) groups excluding carboxylic acids is 1. The molecule has 0 bridgehead atoms. The topological polar surface area (TPSA) is 121 Å². The summed E-state index contributed by atoms with van der Waals surface area (Å²) in [5.41, 5.74) is 3.16. The molecule has 5 aromatic rings. The molecule has 2 N–H and O–H groups in total. The van der Waals surface area contributed by atoms with E-state index in [0.717, 1.165) is 11.3 Å². The highest BCUT2D eigenvalue weighted by Gasteiger charge is 2.17. The van der Waals surface area contributed by atoms with E-state index in [1.165, 1.54) is 11.0 Å². The van der Waals surface area contributed by atoms with Crippen molar-refractivity contribution in [3.8, 4) is 28.6 Å². The zero-order valence-electron chi connectivity index (χ0n) is 20.4. The van der Waals surface area contributed by atoms with E-state index in [0.29, 0.717) is 40.2 Å². The number of ether oxygens (including phenoxy) is 2. The number of amides is 1. The standard InChI is InChI=1S/C26H24N8O3/c1-33-22(14-21(32-33)20-13-19(36-2)9-10-23(20)37-3)26(35)31-18-7-5-17(6-8-18)30-24-15-25(28-16-27-24)34-12-4-11-29-34/h4-16H,1-3H3,(H,31,35)(H,27,28,30). The van der Waals surface area contributed by atoms with Gasteiger partial charge in [0, 0.05) is 42.4 Å². The van der Waals surface area contributed by atoms with E-state index in [9.17, 15) is 4.79 Å². The molecule has 186 valence electrons. The molecule has 2 aromatic carbocycles. The number of nitrogens with one attached hydrogen (secondary N) is 2. The minimum absolute atomic E-state index is 0.288. The SMILES string of the molecule is COc1ccc(OC)c(-c2cc(C(=O)Nc3ccc(Nc4cc(-n5cccn5)ncn4)cc3)n(C)n2)c1. The number of aromatic nitrogens is 6. The number of benzene rings is 2. The van der Waals surface area contributed by atoms with Gasteiger partial charge in [-0.1, -0.05) is 0 Å². The van der Waals surface area contributed by atoms with Crippen molar-refractivity contribution in [1.29, 1.82) is 0 Å². The predicted molar refractivity (Wildman–Crippen MR) is 139 cm³/mol. The van der Waals surface area contributed by atoms with Gasteiger partial charge in [0.15, 0.2) is 5.82 Å². The fourth-order valence-corrected chi connectivity index (χ4v) is 3.75. The number of rotatable bonds is 8. The lowest BCUT2D eigenvalue weighted by Crippen LogP contribution is -2.16. The number of carbonyl (C=O) groups is 1. The fraction of sp³-hybridized carbons (Fsp3) is 0.115. The maximum absolute atomic E-state index is 13.0. The molecule has 11 heteroatoms. The van der Waals surface area contributed by atoms with Crippen molar-refractivity contribution in [2.45, 2.75) is 0 Å². The summed E-state index contributed by atoms with van der Waals surface area (Å²) in [5.74, 6) is 2.28. The van der Waals surface area contributed by atoms with Crippen LogP contribution >= 0.6 is 0 Å². The van der Waals surface area contributed by atoms with Crippen LogP contribution in [0.5, 0.6) is 11.5 Å². The Morgan fingerprint density at radius 1 is 0.946 bits per heavy atom. The number of nitrogens with zero attached hydrogens (tertiary/aromatic N) is 6. The maximum atomic E-state index is 13.0. The van der Waals surface area contributed by atoms with Gasteiger partial charge in [0.2, 0.25) is 0 Å². The first kappa shape index (κ1) is 23.5. The summed E-state index contributed by atoms with van der Waals surface area (Å²) in [4.78, 5) is 21.5. The highest BCUT2D eigenvalue weighted by atomic mass is 16.5. The third kappa shape index (κ3) is 5.10. The first-order valence-corrected chi connectivity index (χ1v) is 11.3. The average Bonchev–Trinajstić information content (AvgIpc) is 3.60. The summed E-state index contributed by atoms with van der Waals surface area (Å²) in [6.45, 7) is 0. The molecule has 11 nitrogen and oxygen atoms in total. The first-order valence-electron chi connectivity index (χ1n) is 11.3. The number of aryl methyl sites for hydroxylation is 1. The quantitative estimate of drug-likeness (QED) is 0.330. The predicted octanol–water partition coefficient (Wildman–Crippen LogP) is 4.08. The van der Waals surface area contributed by atoms with Crippen molar-refractivity contribution in [1.82, 2.24) is 29.5 Å². The second-order valence-electron chi connectivity index (χ2n) is 7.97. The Labute approximate surface area is 212 Å². The van der Waals surface area contributed by atoms with Crippen LogP contribution in [-0.4, -0.2) is 49.7 Å². The summed E-state index contributed by atoms with van der Waals surface area (Å²) >= 11 is 0. The minimum atomic E-state index is -0.288. The number of hydrogen-bond donors (Lipinski definition) is 2. The van der Waals surface area contributed by atoms with E-state index in [1.54, 1.807) is 68.5 Å². The molecule has 0 radical (unpaired) electrons. The van der Waals surface area contributed by atoms with Gasteiger partial charge < -0.3 is 20.1 Å². The van der Waals surface area contributed by atoms with Crippen molar-refractivity contribution in [2.24, 2.45) is 7.05 Å². The molecule has 37 heavy (non-hydrogen) atoms. The van der Waals surface area contributed by atoms with Gasteiger partial charge in [-0.15, -0.1) is 0 Å². The lowest BCUT2D eigenvalue weighted by molar-refractivity contribution is 0.101. The highest BCUT2D eigenvalue weighted by Crippen LogP contribution is 2.33. The summed E-state index contributed by atoms with van der Waals surface area (Å²) in [7, 11) is 4.90. The molecule has 0 unspecified atom stereocenters. The van der Waals surface area contributed by atoms with E-state index in [2.05, 4.69) is 30.8 Å². The van der Waals surface area contributed by atoms with E-state index in [-0.39, 0.29) is 5.91 Å². The lowest BCUT2D eigenvalue weighted by atomic mass is 10.1. The van der Waals surface area contributed by atoms with Crippen LogP contribution < -0.4 is 20.1 Å². The molecule has 0 spiro atoms. The van der Waals surface area contributed by atoms with E-state index in [4.69, 9.17) is 9.47 Å². The molecule has 0 fully saturated rings. The summed E-state index contributed by atoms with van der Waals surface area (Å²) in [5, 5.41) is 14.8. The van der Waals surface area contributed by atoms with Crippen LogP contribution in [-0.2, 0) is 7.05 Å². The van der Waals surface area contributed by atoms with Crippen LogP contribution in [0.4, 0.5) is 17.2 Å². The van der Waals surface area contributed by atoms with E-state index < -0.39 is 0 Å². The Kier molecular flexibility index (Phi) is 6.49. The van der Waals surface area contributed by atoms with Crippen molar-refractivity contribution >= 4 is 23.1 Å². The zero-order chi connectivity index (χ0) is 25.8. The van der Waals surface area contributed by atoms with Crippen LogP contribution in [0.3, 0.4) is 0 Å². The molecule has 0 atom stereocenters. The molecule has 0 aliphatic carbocycles. The van der Waals surface area contributed by atoms with Crippen LogP contribution in [0, 0.1) is 0 Å². The highest BCUT2D eigenvalue weighted by molar-refractivity contribution is 6.03. The van der Waals surface area contributed by atoms with Gasteiger partial charge in [0.1, 0.15) is 29.3 Å². The molecule has 0 saturated carbocycles. The molecular formula is C26H24N8O3. The summed E-state index contributed by atoms with van der Waals surface area (Å²) in [6.07, 6.45) is 4.96. The Bertz CT molecular complexity index is 1530. The Morgan fingerprint density at radius 2 is 1.76 bits per heavy atom. The van der Waals surface area contributed by atoms with Crippen LogP contribution in [0.25, 0.3) is 17.1 Å². The molecule has 1 amide bonds. The Morgan fingerprint density at radius 3 is 2.49 bits per heavy atom. The van der Waals surface area contributed by atoms with Crippen LogP contribution in [0.1, 0.15) is 10.5 Å². The third-order valence-corrected chi connectivity index (χ3v) is 5.60. The third-order valence-electron chi connectivity index (χ3n) is 5.60. The molecule has 0 aliphatic rings. The van der Waals surface area contributed by atoms with Crippen molar-refractivity contribution in [3.05, 3.63) is 85.1 Å². The monoisotopic (exact) mass is 496 g/mol. The van der Waals surface area contributed by atoms with Crippen LogP contribution in [0.2, 0.25) is 0 Å². The lowest BCUT2D eigenvalue weighted by Gasteiger charge is -2.09. The number of hydrogen-bond acceptors (Lipinski definition) is 8. The van der Waals surface area contributed by atoms with Gasteiger partial charge >= 0.3 is 0 Å². The van der Waals surface area contributed by atoms with E-state index >= 15 is 0 Å². The molecule has 0 aliphatic heterocycles. The molecule has 3 heterocycles. The minimum Gasteiger partial charge on any atom is -0.497 e. The average molecular weight is 497 g/mol. The van der Waals surface area contributed by atoms with E-state index in [1.807, 2.05) is 30.5 Å². The summed E-state index contributed by atoms with van der Waals surface area (Å²) < 4.78 is 14.0. The van der Waals surface area contributed by atoms with Gasteiger partial charge in [0.25, 0.3) is 5.91 Å². The van der Waals surface area contributed by atoms with Gasteiger partial charge in [-0.3, -0.25) is 9.48 Å². The second-order valence-corrected chi connectivity index (χ2v) is 7.97. The molecule has 5 rings (SSSR count). The van der Waals surface area contributed by atoms with Gasteiger partial charge in [-0.2, -0.15) is 10.2 Å². The smallest absolute Gasteiger partial charge is 0.273 e. The Hall–Kier alpha value is -5.19. The van der Waals surface area contributed by atoms with Crippen molar-refractivity contribution < 1.29 is 14.3 Å². The number of anilines is 3. The Balaban J connectivity index is 1.29. The van der Waals surface area contributed by atoms with Gasteiger partial charge in [-0.25, -0.2) is 14.6 Å². The number of methoxy groups -OCH3 is 2. The normalized spacial score (nSPS) is 10.7. The molecule has 0 saturated heterocycles. The summed E-state index contributed by atoms with van der Waals surface area (Å²) in [6, 6.07) is 18.1. The van der Waals surface area contributed by atoms with Crippen molar-refractivity contribution in [2.75, 3.05) is 24.9 Å². The van der Waals surface area contributed by atoms with Gasteiger partial charge in [-0.05, 0) is 54.6 Å².